The summed E-state index contributed by atoms with van der Waals surface area (Å²) in [5.41, 5.74) is 13.1. The molecule has 0 spiro atoms. The standard InChI is InChI=1S/C24H24FN3S/c25-19-4-5-23-21(13-19)22(14-27-23)16-6-9-28(10-7-16)24(18-8-11-29-15-18)17-2-1-3-20(26)12-17/h3-6,8,11-15,24,27H,1-2,7,9-10,26H2. The summed E-state index contributed by atoms with van der Waals surface area (Å²) in [6.07, 6.45) is 11.6. The highest BCUT2D eigenvalue weighted by molar-refractivity contribution is 7.08. The average Bonchev–Trinajstić information content (AvgIpc) is 3.39. The zero-order valence-electron chi connectivity index (χ0n) is 16.2. The Morgan fingerprint density at radius 1 is 1.17 bits per heavy atom. The lowest BCUT2D eigenvalue weighted by molar-refractivity contribution is 0.242. The Kier molecular flexibility index (Phi) is 4.86. The third kappa shape index (κ3) is 3.56. The molecule has 5 rings (SSSR count). The summed E-state index contributed by atoms with van der Waals surface area (Å²) in [6, 6.07) is 7.44. The smallest absolute Gasteiger partial charge is 0.123 e. The van der Waals surface area contributed by atoms with Gasteiger partial charge in [0.25, 0.3) is 0 Å². The number of aromatic amines is 1. The summed E-state index contributed by atoms with van der Waals surface area (Å²) in [4.78, 5) is 5.81. The van der Waals surface area contributed by atoms with Crippen LogP contribution < -0.4 is 5.73 Å². The molecule has 3 nitrogen and oxygen atoms in total. The SMILES string of the molecule is NC1=CCCC(C(c2ccsc2)N2CC=C(c3c[nH]c4ccc(F)cc34)CC2)=C1. The Labute approximate surface area is 174 Å². The van der Waals surface area contributed by atoms with Crippen LogP contribution >= 0.6 is 11.3 Å². The molecule has 2 aliphatic rings. The van der Waals surface area contributed by atoms with E-state index in [4.69, 9.17) is 5.73 Å². The highest BCUT2D eigenvalue weighted by Crippen LogP contribution is 2.38. The van der Waals surface area contributed by atoms with Crippen LogP contribution in [0.15, 0.2) is 70.7 Å². The first kappa shape index (κ1) is 18.4. The van der Waals surface area contributed by atoms with Crippen LogP contribution in [0.2, 0.25) is 0 Å². The van der Waals surface area contributed by atoms with Crippen molar-refractivity contribution >= 4 is 27.8 Å². The van der Waals surface area contributed by atoms with Crippen LogP contribution in [0.5, 0.6) is 0 Å². The lowest BCUT2D eigenvalue weighted by Crippen LogP contribution is -2.34. The number of benzene rings is 1. The van der Waals surface area contributed by atoms with E-state index in [0.29, 0.717) is 0 Å². The second-order valence-electron chi connectivity index (χ2n) is 7.79. The van der Waals surface area contributed by atoms with Crippen molar-refractivity contribution in [3.05, 3.63) is 87.7 Å². The minimum absolute atomic E-state index is 0.191. The van der Waals surface area contributed by atoms with Crippen molar-refractivity contribution in [2.45, 2.75) is 25.3 Å². The first-order chi connectivity index (χ1) is 14.2. The van der Waals surface area contributed by atoms with Crippen molar-refractivity contribution in [2.24, 2.45) is 5.73 Å². The predicted octanol–water partition coefficient (Wildman–Crippen LogP) is 5.76. The molecule has 1 unspecified atom stereocenters. The molecule has 5 heteroatoms. The Morgan fingerprint density at radius 3 is 2.86 bits per heavy atom. The zero-order valence-corrected chi connectivity index (χ0v) is 17.0. The summed E-state index contributed by atoms with van der Waals surface area (Å²) in [5, 5.41) is 5.37. The number of nitrogens with zero attached hydrogens (tertiary/aromatic N) is 1. The third-order valence-electron chi connectivity index (χ3n) is 5.97. The molecule has 1 aliphatic heterocycles. The van der Waals surface area contributed by atoms with Crippen LogP contribution in [-0.4, -0.2) is 23.0 Å². The van der Waals surface area contributed by atoms with Crippen LogP contribution in [0, 0.1) is 5.82 Å². The van der Waals surface area contributed by atoms with Gasteiger partial charge in [0.2, 0.25) is 0 Å². The molecular weight excluding hydrogens is 381 g/mol. The summed E-state index contributed by atoms with van der Waals surface area (Å²) < 4.78 is 13.8. The topological polar surface area (TPSA) is 45.0 Å². The number of H-pyrrole nitrogens is 1. The number of hydrogen-bond acceptors (Lipinski definition) is 3. The van der Waals surface area contributed by atoms with Crippen molar-refractivity contribution in [3.63, 3.8) is 0 Å². The van der Waals surface area contributed by atoms with E-state index in [2.05, 4.69) is 44.9 Å². The molecule has 0 fully saturated rings. The largest absolute Gasteiger partial charge is 0.399 e. The minimum Gasteiger partial charge on any atom is -0.399 e. The second kappa shape index (κ2) is 7.65. The quantitative estimate of drug-likeness (QED) is 0.579. The van der Waals surface area contributed by atoms with E-state index in [9.17, 15) is 4.39 Å². The van der Waals surface area contributed by atoms with Crippen molar-refractivity contribution in [1.82, 2.24) is 9.88 Å². The van der Waals surface area contributed by atoms with Crippen LogP contribution in [0.25, 0.3) is 16.5 Å². The normalized spacial score (nSPS) is 19.0. The van der Waals surface area contributed by atoms with Crippen molar-refractivity contribution in [2.75, 3.05) is 13.1 Å². The molecule has 1 atom stereocenters. The molecule has 2 aromatic heterocycles. The number of fused-ring (bicyclic) bond motifs is 1. The Hall–Kier alpha value is -2.63. The molecule has 3 N–H and O–H groups in total. The number of hydrogen-bond donors (Lipinski definition) is 2. The molecule has 3 aromatic rings. The fourth-order valence-electron chi connectivity index (χ4n) is 4.58. The molecule has 0 bridgehead atoms. The zero-order chi connectivity index (χ0) is 19.8. The van der Waals surface area contributed by atoms with Crippen LogP contribution in [0.1, 0.15) is 36.4 Å². The maximum Gasteiger partial charge on any atom is 0.123 e. The number of rotatable bonds is 4. The third-order valence-corrected chi connectivity index (χ3v) is 6.67. The van der Waals surface area contributed by atoms with E-state index in [0.717, 1.165) is 54.5 Å². The summed E-state index contributed by atoms with van der Waals surface area (Å²) in [6.45, 7) is 1.84. The van der Waals surface area contributed by atoms with Gasteiger partial charge in [-0.1, -0.05) is 12.2 Å². The van der Waals surface area contributed by atoms with Gasteiger partial charge in [0.1, 0.15) is 5.82 Å². The molecular formula is C24H24FN3S. The molecule has 0 amide bonds. The number of nitrogens with one attached hydrogen (secondary N) is 1. The molecule has 29 heavy (non-hydrogen) atoms. The van der Waals surface area contributed by atoms with E-state index < -0.39 is 0 Å². The maximum atomic E-state index is 13.8. The summed E-state index contributed by atoms with van der Waals surface area (Å²) in [7, 11) is 0. The Bertz CT molecular complexity index is 1120. The fourth-order valence-corrected chi connectivity index (χ4v) is 5.26. The molecule has 1 aromatic carbocycles. The summed E-state index contributed by atoms with van der Waals surface area (Å²) in [5.74, 6) is -0.191. The first-order valence-electron chi connectivity index (χ1n) is 10.1. The lowest BCUT2D eigenvalue weighted by atomic mass is 9.90. The first-order valence-corrected chi connectivity index (χ1v) is 11.0. The Balaban J connectivity index is 1.44. The molecule has 0 radical (unpaired) electrons. The number of halogens is 1. The minimum atomic E-state index is -0.191. The monoisotopic (exact) mass is 405 g/mol. The average molecular weight is 406 g/mol. The van der Waals surface area contributed by atoms with E-state index in [-0.39, 0.29) is 11.9 Å². The van der Waals surface area contributed by atoms with E-state index in [1.54, 1.807) is 17.4 Å². The van der Waals surface area contributed by atoms with E-state index in [1.807, 2.05) is 12.3 Å². The number of aromatic nitrogens is 1. The van der Waals surface area contributed by atoms with Crippen molar-refractivity contribution < 1.29 is 4.39 Å². The number of thiophene rings is 1. The number of allylic oxidation sites excluding steroid dienone is 2. The van der Waals surface area contributed by atoms with Crippen LogP contribution in [0.3, 0.4) is 0 Å². The fraction of sp³-hybridized carbons (Fsp3) is 0.250. The summed E-state index contributed by atoms with van der Waals surface area (Å²) >= 11 is 1.74. The van der Waals surface area contributed by atoms with Crippen LogP contribution in [0.4, 0.5) is 4.39 Å². The van der Waals surface area contributed by atoms with Crippen molar-refractivity contribution in [1.29, 1.82) is 0 Å². The van der Waals surface area contributed by atoms with E-state index in [1.165, 1.54) is 22.8 Å². The maximum absolute atomic E-state index is 13.8. The van der Waals surface area contributed by atoms with Gasteiger partial charge in [-0.15, -0.1) is 0 Å². The molecule has 0 saturated carbocycles. The van der Waals surface area contributed by atoms with Gasteiger partial charge >= 0.3 is 0 Å². The van der Waals surface area contributed by atoms with Crippen LogP contribution in [-0.2, 0) is 0 Å². The van der Waals surface area contributed by atoms with E-state index >= 15 is 0 Å². The Morgan fingerprint density at radius 2 is 2.10 bits per heavy atom. The second-order valence-corrected chi connectivity index (χ2v) is 8.57. The molecule has 0 saturated heterocycles. The lowest BCUT2D eigenvalue weighted by Gasteiger charge is -2.36. The predicted molar refractivity (Wildman–Crippen MR) is 119 cm³/mol. The van der Waals surface area contributed by atoms with Gasteiger partial charge in [-0.05, 0) is 77.1 Å². The number of nitrogens with two attached hydrogens (primary N) is 1. The van der Waals surface area contributed by atoms with Gasteiger partial charge in [0.05, 0.1) is 6.04 Å². The van der Waals surface area contributed by atoms with Gasteiger partial charge in [-0.2, -0.15) is 11.3 Å². The highest BCUT2D eigenvalue weighted by atomic mass is 32.1. The van der Waals surface area contributed by atoms with Crippen molar-refractivity contribution in [3.8, 4) is 0 Å². The molecule has 148 valence electrons. The highest BCUT2D eigenvalue weighted by Gasteiger charge is 2.27. The van der Waals surface area contributed by atoms with Gasteiger partial charge in [0.15, 0.2) is 0 Å². The van der Waals surface area contributed by atoms with Gasteiger partial charge in [0, 0.05) is 41.4 Å². The molecule has 1 aliphatic carbocycles. The molecule has 3 heterocycles. The van der Waals surface area contributed by atoms with Gasteiger partial charge < -0.3 is 10.7 Å². The van der Waals surface area contributed by atoms with Gasteiger partial charge in [-0.3, -0.25) is 4.90 Å². The van der Waals surface area contributed by atoms with Gasteiger partial charge in [-0.25, -0.2) is 4.39 Å².